The lowest BCUT2D eigenvalue weighted by Crippen LogP contribution is -2.28. The van der Waals surface area contributed by atoms with Gasteiger partial charge in [0.1, 0.15) is 11.5 Å². The number of aryl methyl sites for hydroxylation is 1. The number of hydrogen-bond donors (Lipinski definition) is 1. The number of anilines is 1. The molecule has 0 radical (unpaired) electrons. The zero-order valence-electron chi connectivity index (χ0n) is 15.1. The molecule has 2 aromatic rings. The Morgan fingerprint density at radius 1 is 1.28 bits per heavy atom. The summed E-state index contributed by atoms with van der Waals surface area (Å²) in [6.07, 6.45) is 2.56. The van der Waals surface area contributed by atoms with Gasteiger partial charge in [0.25, 0.3) is 5.91 Å². The van der Waals surface area contributed by atoms with Crippen molar-refractivity contribution in [1.82, 2.24) is 15.3 Å². The molecule has 0 unspecified atom stereocenters. The number of hydrogen-bond acceptors (Lipinski definition) is 4. The second-order valence-corrected chi connectivity index (χ2v) is 6.07. The largest absolute Gasteiger partial charge is 0.350 e. The maximum atomic E-state index is 13.6. The molecule has 25 heavy (non-hydrogen) atoms. The highest BCUT2D eigenvalue weighted by atomic mass is 19.1. The van der Waals surface area contributed by atoms with Crippen LogP contribution in [0.15, 0.2) is 30.3 Å². The normalized spacial score (nSPS) is 10.6. The number of carbonyl (C=O) groups excluding carboxylic acids is 1. The number of aromatic nitrogens is 2. The van der Waals surface area contributed by atoms with Crippen molar-refractivity contribution in [3.8, 4) is 0 Å². The summed E-state index contributed by atoms with van der Waals surface area (Å²) in [7, 11) is 1.92. The second kappa shape index (κ2) is 9.11. The van der Waals surface area contributed by atoms with Gasteiger partial charge in [-0.05, 0) is 37.5 Å². The number of unbranched alkanes of at least 4 members (excludes halogenated alkanes) is 1. The minimum atomic E-state index is -0.271. The first kappa shape index (κ1) is 18.8. The van der Waals surface area contributed by atoms with Crippen LogP contribution in [0.4, 0.5) is 10.3 Å². The summed E-state index contributed by atoms with van der Waals surface area (Å²) < 4.78 is 13.6. The van der Waals surface area contributed by atoms with E-state index in [9.17, 15) is 9.18 Å². The van der Waals surface area contributed by atoms with Gasteiger partial charge in [0.2, 0.25) is 5.95 Å². The van der Waals surface area contributed by atoms with Gasteiger partial charge in [-0.15, -0.1) is 0 Å². The van der Waals surface area contributed by atoms with Crippen molar-refractivity contribution < 1.29 is 9.18 Å². The smallest absolute Gasteiger partial charge is 0.270 e. The van der Waals surface area contributed by atoms with E-state index in [1.165, 1.54) is 6.07 Å². The lowest BCUT2D eigenvalue weighted by molar-refractivity contribution is 0.0949. The average Bonchev–Trinajstić information content (AvgIpc) is 2.60. The van der Waals surface area contributed by atoms with Crippen LogP contribution in [0.2, 0.25) is 0 Å². The third kappa shape index (κ3) is 5.52. The minimum absolute atomic E-state index is 0.255. The first-order chi connectivity index (χ1) is 12.0. The van der Waals surface area contributed by atoms with Gasteiger partial charge in [0.05, 0.1) is 0 Å². The number of nitrogens with one attached hydrogen (secondary N) is 1. The van der Waals surface area contributed by atoms with Crippen molar-refractivity contribution in [2.45, 2.75) is 33.1 Å². The molecule has 0 spiro atoms. The van der Waals surface area contributed by atoms with Crippen LogP contribution >= 0.6 is 0 Å². The first-order valence-corrected chi connectivity index (χ1v) is 8.59. The van der Waals surface area contributed by atoms with Crippen LogP contribution in [-0.4, -0.2) is 36.0 Å². The Hall–Kier alpha value is -2.50. The lowest BCUT2D eigenvalue weighted by atomic mass is 10.1. The van der Waals surface area contributed by atoms with Gasteiger partial charge in [0, 0.05) is 25.8 Å². The molecule has 0 saturated carbocycles. The second-order valence-electron chi connectivity index (χ2n) is 6.07. The molecule has 0 saturated heterocycles. The van der Waals surface area contributed by atoms with Gasteiger partial charge < -0.3 is 10.2 Å². The summed E-state index contributed by atoms with van der Waals surface area (Å²) in [6, 6.07) is 8.24. The van der Waals surface area contributed by atoms with E-state index >= 15 is 0 Å². The third-order valence-corrected chi connectivity index (χ3v) is 3.90. The topological polar surface area (TPSA) is 58.1 Å². The van der Waals surface area contributed by atoms with Crippen molar-refractivity contribution in [3.63, 3.8) is 0 Å². The zero-order chi connectivity index (χ0) is 18.2. The molecule has 134 valence electrons. The number of benzene rings is 1. The monoisotopic (exact) mass is 344 g/mol. The van der Waals surface area contributed by atoms with E-state index < -0.39 is 0 Å². The molecule has 1 N–H and O–H groups in total. The van der Waals surface area contributed by atoms with Crippen molar-refractivity contribution in [2.75, 3.05) is 25.0 Å². The Bertz CT molecular complexity index is 720. The van der Waals surface area contributed by atoms with Gasteiger partial charge >= 0.3 is 0 Å². The van der Waals surface area contributed by atoms with Crippen molar-refractivity contribution in [2.24, 2.45) is 0 Å². The summed E-state index contributed by atoms with van der Waals surface area (Å²) in [6.45, 7) is 5.16. The van der Waals surface area contributed by atoms with Crippen molar-refractivity contribution >= 4 is 11.9 Å². The van der Waals surface area contributed by atoms with Gasteiger partial charge in [-0.3, -0.25) is 4.79 Å². The molecular formula is C19H25FN4O. The highest BCUT2D eigenvalue weighted by Crippen LogP contribution is 2.10. The summed E-state index contributed by atoms with van der Waals surface area (Å²) in [5.74, 6) is 0.0224. The summed E-state index contributed by atoms with van der Waals surface area (Å²) in [5, 5.41) is 2.80. The number of rotatable bonds is 8. The molecule has 5 nitrogen and oxygen atoms in total. The van der Waals surface area contributed by atoms with E-state index in [1.54, 1.807) is 24.3 Å². The highest BCUT2D eigenvalue weighted by Gasteiger charge is 2.13. The van der Waals surface area contributed by atoms with Crippen molar-refractivity contribution in [1.29, 1.82) is 0 Å². The molecule has 1 aromatic heterocycles. The molecule has 1 heterocycles. The number of carbonyl (C=O) groups is 1. The first-order valence-electron chi connectivity index (χ1n) is 8.59. The Morgan fingerprint density at radius 2 is 2.04 bits per heavy atom. The SMILES string of the molecule is CCCCN(C)c1nc(C)cc(C(=O)NCCc2ccccc2F)n1. The maximum absolute atomic E-state index is 13.6. The standard InChI is InChI=1S/C19H25FN4O/c1-4-5-12-24(3)19-22-14(2)13-17(23-19)18(25)21-11-10-15-8-6-7-9-16(15)20/h6-9,13H,4-5,10-12H2,1-3H3,(H,21,25). The predicted octanol–water partition coefficient (Wildman–Crippen LogP) is 3.13. The van der Waals surface area contributed by atoms with Crippen LogP contribution < -0.4 is 10.2 Å². The molecule has 2 rings (SSSR count). The summed E-state index contributed by atoms with van der Waals surface area (Å²) in [4.78, 5) is 23.1. The van der Waals surface area contributed by atoms with Gasteiger partial charge in [-0.1, -0.05) is 31.5 Å². The van der Waals surface area contributed by atoms with Gasteiger partial charge in [-0.25, -0.2) is 14.4 Å². The van der Waals surface area contributed by atoms with Crippen LogP contribution in [-0.2, 0) is 6.42 Å². The third-order valence-electron chi connectivity index (χ3n) is 3.90. The van der Waals surface area contributed by atoms with E-state index in [0.29, 0.717) is 30.2 Å². The molecule has 0 aliphatic rings. The van der Waals surface area contributed by atoms with Crippen LogP contribution in [0, 0.1) is 12.7 Å². The number of amides is 1. The maximum Gasteiger partial charge on any atom is 0.270 e. The van der Waals surface area contributed by atoms with E-state index in [4.69, 9.17) is 0 Å². The van der Waals surface area contributed by atoms with Crippen LogP contribution in [0.5, 0.6) is 0 Å². The minimum Gasteiger partial charge on any atom is -0.350 e. The van der Waals surface area contributed by atoms with Gasteiger partial charge in [0.15, 0.2) is 0 Å². The fourth-order valence-corrected chi connectivity index (χ4v) is 2.44. The Labute approximate surface area is 148 Å². The van der Waals surface area contributed by atoms with E-state index in [0.717, 1.165) is 25.1 Å². The number of nitrogens with zero attached hydrogens (tertiary/aromatic N) is 3. The molecule has 6 heteroatoms. The molecule has 0 aliphatic carbocycles. The summed E-state index contributed by atoms with van der Waals surface area (Å²) in [5.41, 5.74) is 1.66. The van der Waals surface area contributed by atoms with E-state index in [-0.39, 0.29) is 11.7 Å². The molecule has 0 aliphatic heterocycles. The average molecular weight is 344 g/mol. The molecule has 0 atom stereocenters. The zero-order valence-corrected chi connectivity index (χ0v) is 15.1. The van der Waals surface area contributed by atoms with Gasteiger partial charge in [-0.2, -0.15) is 0 Å². The fourth-order valence-electron chi connectivity index (χ4n) is 2.44. The molecule has 0 bridgehead atoms. The predicted molar refractivity (Wildman–Crippen MR) is 97.4 cm³/mol. The Balaban J connectivity index is 1.99. The highest BCUT2D eigenvalue weighted by molar-refractivity contribution is 5.92. The number of halogens is 1. The Morgan fingerprint density at radius 3 is 2.76 bits per heavy atom. The Kier molecular flexibility index (Phi) is 6.86. The van der Waals surface area contributed by atoms with Crippen molar-refractivity contribution in [3.05, 3.63) is 53.1 Å². The molecular weight excluding hydrogens is 319 g/mol. The lowest BCUT2D eigenvalue weighted by Gasteiger charge is -2.17. The fraction of sp³-hybridized carbons (Fsp3) is 0.421. The molecule has 1 amide bonds. The van der Waals surface area contributed by atoms with Crippen LogP contribution in [0.3, 0.4) is 0 Å². The van der Waals surface area contributed by atoms with E-state index in [2.05, 4.69) is 22.2 Å². The molecule has 0 fully saturated rings. The van der Waals surface area contributed by atoms with Crippen LogP contribution in [0.25, 0.3) is 0 Å². The quantitative estimate of drug-likeness (QED) is 0.799. The summed E-state index contributed by atoms with van der Waals surface area (Å²) >= 11 is 0. The van der Waals surface area contributed by atoms with E-state index in [1.807, 2.05) is 18.9 Å². The molecule has 1 aromatic carbocycles. The van der Waals surface area contributed by atoms with Crippen LogP contribution in [0.1, 0.15) is 41.5 Å².